The maximum absolute atomic E-state index is 12.0. The van der Waals surface area contributed by atoms with Gasteiger partial charge in [0.25, 0.3) is 0 Å². The van der Waals surface area contributed by atoms with E-state index in [4.69, 9.17) is 11.6 Å². The smallest absolute Gasteiger partial charge is 0.330 e. The Hall–Kier alpha value is -1.59. The molecule has 3 N–H and O–H groups in total. The minimum Gasteiger partial charge on any atom is -0.479 e. The summed E-state index contributed by atoms with van der Waals surface area (Å²) in [5.41, 5.74) is 0.392. The molecule has 1 aliphatic heterocycles. The third kappa shape index (κ3) is 3.24. The van der Waals surface area contributed by atoms with Crippen molar-refractivity contribution < 1.29 is 14.7 Å². The zero-order chi connectivity index (χ0) is 13.8. The van der Waals surface area contributed by atoms with Crippen molar-refractivity contribution in [3.8, 4) is 0 Å². The fraction of sp³-hybridized carbons (Fsp3) is 0.385. The highest BCUT2D eigenvalue weighted by Gasteiger charge is 2.29. The van der Waals surface area contributed by atoms with Gasteiger partial charge in [0.05, 0.1) is 6.04 Å². The number of hydrogen-bond donors (Lipinski definition) is 3. The van der Waals surface area contributed by atoms with Crippen LogP contribution in [0.15, 0.2) is 24.3 Å². The summed E-state index contributed by atoms with van der Waals surface area (Å²) in [7, 11) is 0. The predicted octanol–water partition coefficient (Wildman–Crippen LogP) is 1.33. The highest BCUT2D eigenvalue weighted by atomic mass is 35.5. The first kappa shape index (κ1) is 13.8. The van der Waals surface area contributed by atoms with E-state index >= 15 is 0 Å². The SMILES string of the molecule is O=C(N[C@@H](C(=O)O)c1ccccc1Cl)C1CCCN1. The minimum absolute atomic E-state index is 0.301. The van der Waals surface area contributed by atoms with Gasteiger partial charge in [0.15, 0.2) is 6.04 Å². The zero-order valence-corrected chi connectivity index (χ0v) is 11.0. The summed E-state index contributed by atoms with van der Waals surface area (Å²) < 4.78 is 0. The van der Waals surface area contributed by atoms with E-state index in [2.05, 4.69) is 10.6 Å². The number of carboxylic acids is 1. The summed E-state index contributed by atoms with van der Waals surface area (Å²) >= 11 is 5.98. The Kier molecular flexibility index (Phi) is 4.39. The lowest BCUT2D eigenvalue weighted by Gasteiger charge is -2.18. The molecule has 102 valence electrons. The number of carboxylic acid groups (broad SMARTS) is 1. The number of halogens is 1. The summed E-state index contributed by atoms with van der Waals surface area (Å²) in [6, 6.07) is 5.17. The Labute approximate surface area is 116 Å². The molecule has 1 aromatic rings. The van der Waals surface area contributed by atoms with Gasteiger partial charge in [-0.15, -0.1) is 0 Å². The van der Waals surface area contributed by atoms with Crippen molar-refractivity contribution in [3.05, 3.63) is 34.9 Å². The van der Waals surface area contributed by atoms with E-state index in [0.29, 0.717) is 10.6 Å². The molecule has 1 aromatic carbocycles. The second-order valence-electron chi connectivity index (χ2n) is 4.45. The van der Waals surface area contributed by atoms with E-state index in [0.717, 1.165) is 19.4 Å². The van der Waals surface area contributed by atoms with E-state index in [1.807, 2.05) is 0 Å². The van der Waals surface area contributed by atoms with Crippen molar-refractivity contribution in [1.82, 2.24) is 10.6 Å². The van der Waals surface area contributed by atoms with Crippen molar-refractivity contribution in [1.29, 1.82) is 0 Å². The molecular weight excluding hydrogens is 268 g/mol. The molecule has 2 atom stereocenters. The molecule has 2 rings (SSSR count). The Balaban J connectivity index is 2.15. The van der Waals surface area contributed by atoms with Crippen LogP contribution in [-0.2, 0) is 9.59 Å². The van der Waals surface area contributed by atoms with Crippen molar-refractivity contribution in [3.63, 3.8) is 0 Å². The first-order valence-electron chi connectivity index (χ1n) is 6.10. The average Bonchev–Trinajstić information content (AvgIpc) is 2.90. The summed E-state index contributed by atoms with van der Waals surface area (Å²) in [5.74, 6) is -1.43. The van der Waals surface area contributed by atoms with Gasteiger partial charge in [0, 0.05) is 10.6 Å². The summed E-state index contributed by atoms with van der Waals surface area (Å²) in [4.78, 5) is 23.3. The summed E-state index contributed by atoms with van der Waals surface area (Å²) in [6.07, 6.45) is 1.64. The fourth-order valence-electron chi connectivity index (χ4n) is 2.13. The number of rotatable bonds is 4. The number of carbonyl (C=O) groups excluding carboxylic acids is 1. The quantitative estimate of drug-likeness (QED) is 0.779. The summed E-state index contributed by atoms with van der Waals surface area (Å²) in [5, 5.41) is 15.1. The Morgan fingerprint density at radius 3 is 2.74 bits per heavy atom. The second-order valence-corrected chi connectivity index (χ2v) is 4.86. The van der Waals surface area contributed by atoms with Crippen LogP contribution in [0.2, 0.25) is 5.02 Å². The van der Waals surface area contributed by atoms with Gasteiger partial charge in [-0.05, 0) is 25.5 Å². The van der Waals surface area contributed by atoms with Gasteiger partial charge in [-0.25, -0.2) is 4.79 Å². The number of hydrogen-bond acceptors (Lipinski definition) is 3. The van der Waals surface area contributed by atoms with Gasteiger partial charge in [0.2, 0.25) is 5.91 Å². The van der Waals surface area contributed by atoms with Crippen LogP contribution >= 0.6 is 11.6 Å². The molecule has 0 aliphatic carbocycles. The molecule has 6 heteroatoms. The number of nitrogens with one attached hydrogen (secondary N) is 2. The van der Waals surface area contributed by atoms with Crippen LogP contribution in [0, 0.1) is 0 Å². The van der Waals surface area contributed by atoms with Crippen molar-refractivity contribution in [2.24, 2.45) is 0 Å². The molecule has 0 spiro atoms. The van der Waals surface area contributed by atoms with Crippen LogP contribution in [0.25, 0.3) is 0 Å². The van der Waals surface area contributed by atoms with Crippen LogP contribution in [0.5, 0.6) is 0 Å². The van der Waals surface area contributed by atoms with Crippen LogP contribution in [0.3, 0.4) is 0 Å². The Morgan fingerprint density at radius 2 is 2.16 bits per heavy atom. The first-order chi connectivity index (χ1) is 9.09. The van der Waals surface area contributed by atoms with Gasteiger partial charge < -0.3 is 15.7 Å². The molecule has 1 fully saturated rings. The first-order valence-corrected chi connectivity index (χ1v) is 6.48. The number of benzene rings is 1. The number of aliphatic carboxylic acids is 1. The van der Waals surface area contributed by atoms with E-state index in [-0.39, 0.29) is 11.9 Å². The van der Waals surface area contributed by atoms with Gasteiger partial charge in [-0.1, -0.05) is 29.8 Å². The molecule has 19 heavy (non-hydrogen) atoms. The van der Waals surface area contributed by atoms with E-state index < -0.39 is 12.0 Å². The molecule has 0 saturated carbocycles. The Morgan fingerprint density at radius 1 is 1.42 bits per heavy atom. The minimum atomic E-state index is -1.13. The van der Waals surface area contributed by atoms with E-state index in [1.165, 1.54) is 0 Å². The van der Waals surface area contributed by atoms with Crippen LogP contribution < -0.4 is 10.6 Å². The molecule has 5 nitrogen and oxygen atoms in total. The molecule has 1 heterocycles. The highest BCUT2D eigenvalue weighted by Crippen LogP contribution is 2.23. The lowest BCUT2D eigenvalue weighted by Crippen LogP contribution is -2.44. The standard InChI is InChI=1S/C13H15ClN2O3/c14-9-5-2-1-4-8(9)11(13(18)19)16-12(17)10-6-3-7-15-10/h1-2,4-5,10-11,15H,3,6-7H2,(H,16,17)(H,18,19)/t10?,11-/m1/s1. The topological polar surface area (TPSA) is 78.4 Å². The number of carbonyl (C=O) groups is 2. The molecule has 1 aliphatic rings. The molecule has 1 unspecified atom stereocenters. The second kappa shape index (κ2) is 6.04. The predicted molar refractivity (Wildman–Crippen MR) is 71.0 cm³/mol. The third-order valence-corrected chi connectivity index (χ3v) is 3.47. The molecule has 0 aromatic heterocycles. The average molecular weight is 283 g/mol. The van der Waals surface area contributed by atoms with Crippen LogP contribution in [-0.4, -0.2) is 29.6 Å². The normalized spacial score (nSPS) is 19.9. The van der Waals surface area contributed by atoms with Crippen molar-refractivity contribution in [2.75, 3.05) is 6.54 Å². The molecule has 0 bridgehead atoms. The lowest BCUT2D eigenvalue weighted by molar-refractivity contribution is -0.142. The van der Waals surface area contributed by atoms with Crippen molar-refractivity contribution in [2.45, 2.75) is 24.9 Å². The van der Waals surface area contributed by atoms with E-state index in [9.17, 15) is 14.7 Å². The maximum Gasteiger partial charge on any atom is 0.330 e. The van der Waals surface area contributed by atoms with Crippen molar-refractivity contribution >= 4 is 23.5 Å². The molecule has 1 amide bonds. The van der Waals surface area contributed by atoms with Gasteiger partial charge >= 0.3 is 5.97 Å². The molecule has 1 saturated heterocycles. The molecule has 0 radical (unpaired) electrons. The maximum atomic E-state index is 12.0. The van der Waals surface area contributed by atoms with Gasteiger partial charge in [-0.3, -0.25) is 4.79 Å². The monoisotopic (exact) mass is 282 g/mol. The number of amides is 1. The third-order valence-electron chi connectivity index (χ3n) is 3.13. The van der Waals surface area contributed by atoms with Crippen LogP contribution in [0.4, 0.5) is 0 Å². The Bertz CT molecular complexity index is 487. The fourth-order valence-corrected chi connectivity index (χ4v) is 2.38. The largest absolute Gasteiger partial charge is 0.479 e. The van der Waals surface area contributed by atoms with Gasteiger partial charge in [0.1, 0.15) is 0 Å². The lowest BCUT2D eigenvalue weighted by atomic mass is 10.1. The molecular formula is C13H15ClN2O3. The summed E-state index contributed by atoms with van der Waals surface area (Å²) in [6.45, 7) is 0.780. The van der Waals surface area contributed by atoms with Crippen LogP contribution in [0.1, 0.15) is 24.4 Å². The highest BCUT2D eigenvalue weighted by molar-refractivity contribution is 6.31. The van der Waals surface area contributed by atoms with Gasteiger partial charge in [-0.2, -0.15) is 0 Å². The van der Waals surface area contributed by atoms with E-state index in [1.54, 1.807) is 24.3 Å². The zero-order valence-electron chi connectivity index (χ0n) is 10.2.